The lowest BCUT2D eigenvalue weighted by Crippen LogP contribution is -2.55. The molecule has 4 N–H and O–H groups in total. The zero-order valence-electron chi connectivity index (χ0n) is 6.29. The quantitative estimate of drug-likeness (QED) is 0.490. The average molecular weight is 159 g/mol. The van der Waals surface area contributed by atoms with Gasteiger partial charge >= 0.3 is 5.97 Å². The van der Waals surface area contributed by atoms with Crippen molar-refractivity contribution in [2.45, 2.75) is 37.3 Å². The first-order valence-electron chi connectivity index (χ1n) is 3.79. The minimum Gasteiger partial charge on any atom is -0.479 e. The number of hydrogen-bond acceptors (Lipinski definition) is 3. The van der Waals surface area contributed by atoms with Crippen LogP contribution in [0.25, 0.3) is 0 Å². The normalized spacial score (nSPS) is 38.5. The third-order valence-electron chi connectivity index (χ3n) is 2.31. The molecular weight excluding hydrogens is 146 g/mol. The summed E-state index contributed by atoms with van der Waals surface area (Å²) in [4.78, 5) is 10.6. The summed E-state index contributed by atoms with van der Waals surface area (Å²) in [7, 11) is 0. The SMILES string of the molecule is NC1CCCCC1(O)C(=O)O. The van der Waals surface area contributed by atoms with Crippen molar-refractivity contribution in [3.8, 4) is 0 Å². The number of carboxylic acid groups (broad SMARTS) is 1. The molecule has 1 aliphatic carbocycles. The van der Waals surface area contributed by atoms with E-state index in [1.165, 1.54) is 0 Å². The second-order valence-corrected chi connectivity index (χ2v) is 3.08. The molecular formula is C7H13NO3. The molecule has 4 heteroatoms. The molecule has 1 fully saturated rings. The Bertz CT molecular complexity index is 171. The fourth-order valence-electron chi connectivity index (χ4n) is 1.45. The summed E-state index contributed by atoms with van der Waals surface area (Å²) in [5.74, 6) is -1.19. The molecule has 4 nitrogen and oxygen atoms in total. The second-order valence-electron chi connectivity index (χ2n) is 3.08. The van der Waals surface area contributed by atoms with Crippen LogP contribution in [0.5, 0.6) is 0 Å². The van der Waals surface area contributed by atoms with Crippen molar-refractivity contribution in [3.05, 3.63) is 0 Å². The molecule has 11 heavy (non-hydrogen) atoms. The number of hydrogen-bond donors (Lipinski definition) is 3. The first-order chi connectivity index (χ1) is 5.07. The first kappa shape index (κ1) is 8.49. The minimum absolute atomic E-state index is 0.281. The van der Waals surface area contributed by atoms with Crippen molar-refractivity contribution < 1.29 is 15.0 Å². The van der Waals surface area contributed by atoms with Gasteiger partial charge in [0.15, 0.2) is 5.60 Å². The number of carbonyl (C=O) groups is 1. The van der Waals surface area contributed by atoms with E-state index in [1.807, 2.05) is 0 Å². The average Bonchev–Trinajstić information content (AvgIpc) is 1.95. The maximum Gasteiger partial charge on any atom is 0.337 e. The van der Waals surface area contributed by atoms with Crippen molar-refractivity contribution in [3.63, 3.8) is 0 Å². The number of rotatable bonds is 1. The van der Waals surface area contributed by atoms with E-state index in [-0.39, 0.29) is 6.42 Å². The Morgan fingerprint density at radius 1 is 1.55 bits per heavy atom. The Kier molecular flexibility index (Phi) is 2.15. The number of aliphatic carboxylic acids is 1. The molecule has 0 radical (unpaired) electrons. The predicted octanol–water partition coefficient (Wildman–Crippen LogP) is -0.297. The van der Waals surface area contributed by atoms with Crippen LogP contribution in [0.15, 0.2) is 0 Å². The van der Waals surface area contributed by atoms with Gasteiger partial charge in [0.1, 0.15) is 0 Å². The highest BCUT2D eigenvalue weighted by molar-refractivity contribution is 5.78. The van der Waals surface area contributed by atoms with Crippen LogP contribution in [0.3, 0.4) is 0 Å². The molecule has 0 aliphatic heterocycles. The molecule has 0 aromatic rings. The van der Waals surface area contributed by atoms with E-state index < -0.39 is 17.6 Å². The molecule has 2 atom stereocenters. The number of nitrogens with two attached hydrogens (primary N) is 1. The van der Waals surface area contributed by atoms with Gasteiger partial charge in [-0.15, -0.1) is 0 Å². The molecule has 0 aromatic heterocycles. The van der Waals surface area contributed by atoms with E-state index in [4.69, 9.17) is 10.8 Å². The third-order valence-corrected chi connectivity index (χ3v) is 2.31. The number of carboxylic acids is 1. The summed E-state index contributed by atoms with van der Waals surface area (Å²) in [6.07, 6.45) is 2.54. The molecule has 0 aromatic carbocycles. The highest BCUT2D eigenvalue weighted by Gasteiger charge is 2.43. The molecule has 0 heterocycles. The molecule has 0 bridgehead atoms. The molecule has 1 aliphatic rings. The van der Waals surface area contributed by atoms with Crippen molar-refractivity contribution in [2.24, 2.45) is 5.73 Å². The smallest absolute Gasteiger partial charge is 0.337 e. The van der Waals surface area contributed by atoms with Crippen molar-refractivity contribution in [1.29, 1.82) is 0 Å². The summed E-state index contributed by atoms with van der Waals surface area (Å²) in [5, 5.41) is 18.1. The monoisotopic (exact) mass is 159 g/mol. The second kappa shape index (κ2) is 2.79. The minimum atomic E-state index is -1.67. The fraction of sp³-hybridized carbons (Fsp3) is 0.857. The van der Waals surface area contributed by atoms with E-state index in [2.05, 4.69) is 0 Å². The maximum absolute atomic E-state index is 10.6. The van der Waals surface area contributed by atoms with E-state index >= 15 is 0 Å². The van der Waals surface area contributed by atoms with Crippen molar-refractivity contribution in [2.75, 3.05) is 0 Å². The van der Waals surface area contributed by atoms with Gasteiger partial charge in [-0.1, -0.05) is 6.42 Å². The summed E-state index contributed by atoms with van der Waals surface area (Å²) >= 11 is 0. The van der Waals surface area contributed by atoms with Crippen molar-refractivity contribution >= 4 is 5.97 Å². The van der Waals surface area contributed by atoms with Gasteiger partial charge in [0.2, 0.25) is 0 Å². The summed E-state index contributed by atoms with van der Waals surface area (Å²) < 4.78 is 0. The van der Waals surface area contributed by atoms with Crippen LogP contribution in [-0.4, -0.2) is 27.8 Å². The molecule has 1 saturated carbocycles. The zero-order chi connectivity index (χ0) is 8.48. The first-order valence-corrected chi connectivity index (χ1v) is 3.79. The molecule has 0 spiro atoms. The lowest BCUT2D eigenvalue weighted by atomic mass is 9.81. The standard InChI is InChI=1S/C7H13NO3/c8-5-3-1-2-4-7(5,11)6(9)10/h5,11H,1-4,8H2,(H,9,10). The lowest BCUT2D eigenvalue weighted by molar-refractivity contribution is -0.163. The van der Waals surface area contributed by atoms with Crippen LogP contribution in [0, 0.1) is 0 Å². The molecule has 0 amide bonds. The highest BCUT2D eigenvalue weighted by Crippen LogP contribution is 2.27. The zero-order valence-corrected chi connectivity index (χ0v) is 6.29. The number of aliphatic hydroxyl groups is 1. The van der Waals surface area contributed by atoms with Gasteiger partial charge in [0.25, 0.3) is 0 Å². The topological polar surface area (TPSA) is 83.5 Å². The lowest BCUT2D eigenvalue weighted by Gasteiger charge is -2.33. The van der Waals surface area contributed by atoms with Gasteiger partial charge in [-0.2, -0.15) is 0 Å². The summed E-state index contributed by atoms with van der Waals surface area (Å²) in [6, 6.07) is -0.603. The summed E-state index contributed by atoms with van der Waals surface area (Å²) in [6.45, 7) is 0. The third kappa shape index (κ3) is 1.36. The van der Waals surface area contributed by atoms with Gasteiger partial charge in [0, 0.05) is 6.04 Å². The molecule has 0 saturated heterocycles. The molecule has 1 rings (SSSR count). The Hall–Kier alpha value is -0.610. The maximum atomic E-state index is 10.6. The van der Waals surface area contributed by atoms with Crippen molar-refractivity contribution in [1.82, 2.24) is 0 Å². The van der Waals surface area contributed by atoms with Gasteiger partial charge in [-0.3, -0.25) is 0 Å². The van der Waals surface area contributed by atoms with Crippen LogP contribution in [0.4, 0.5) is 0 Å². The van der Waals surface area contributed by atoms with E-state index in [1.54, 1.807) is 0 Å². The van der Waals surface area contributed by atoms with Crippen LogP contribution in [0.2, 0.25) is 0 Å². The highest BCUT2D eigenvalue weighted by atomic mass is 16.4. The van der Waals surface area contributed by atoms with E-state index in [0.29, 0.717) is 6.42 Å². The predicted molar refractivity (Wildman–Crippen MR) is 39.0 cm³/mol. The van der Waals surface area contributed by atoms with Gasteiger partial charge in [0.05, 0.1) is 0 Å². The Morgan fingerprint density at radius 2 is 2.18 bits per heavy atom. The van der Waals surface area contributed by atoms with Crippen LogP contribution < -0.4 is 5.73 Å². The Morgan fingerprint density at radius 3 is 2.55 bits per heavy atom. The largest absolute Gasteiger partial charge is 0.479 e. The van der Waals surface area contributed by atoms with E-state index in [0.717, 1.165) is 12.8 Å². The molecule has 64 valence electrons. The Balaban J connectivity index is 2.72. The Labute approximate surface area is 65.0 Å². The van der Waals surface area contributed by atoms with Gasteiger partial charge in [-0.25, -0.2) is 4.79 Å². The van der Waals surface area contributed by atoms with Crippen LogP contribution in [-0.2, 0) is 4.79 Å². The summed E-state index contributed by atoms with van der Waals surface area (Å²) in [5.41, 5.74) is 3.81. The molecule has 2 unspecified atom stereocenters. The fourth-order valence-corrected chi connectivity index (χ4v) is 1.45. The van der Waals surface area contributed by atoms with Crippen LogP contribution in [0.1, 0.15) is 25.7 Å². The van der Waals surface area contributed by atoms with E-state index in [9.17, 15) is 9.90 Å². The van der Waals surface area contributed by atoms with Gasteiger partial charge < -0.3 is 15.9 Å². The van der Waals surface area contributed by atoms with Crippen LogP contribution >= 0.6 is 0 Å². The van der Waals surface area contributed by atoms with Gasteiger partial charge in [-0.05, 0) is 19.3 Å².